The van der Waals surface area contributed by atoms with Gasteiger partial charge in [-0.1, -0.05) is 41.7 Å². The molecular formula is C37H37BrN2O8S. The molecule has 12 heteroatoms. The summed E-state index contributed by atoms with van der Waals surface area (Å²) in [6.07, 6.45) is 1.62. The first-order valence-electron chi connectivity index (χ1n) is 15.8. The van der Waals surface area contributed by atoms with Gasteiger partial charge >= 0.3 is 11.9 Å². The van der Waals surface area contributed by atoms with E-state index >= 15 is 0 Å². The summed E-state index contributed by atoms with van der Waals surface area (Å²) < 4.78 is 31.0. The molecule has 49 heavy (non-hydrogen) atoms. The Kier molecular flexibility index (Phi) is 11.4. The summed E-state index contributed by atoms with van der Waals surface area (Å²) >= 11 is 4.83. The van der Waals surface area contributed by atoms with Crippen molar-refractivity contribution in [3.63, 3.8) is 0 Å². The number of carbonyl (C=O) groups is 2. The Morgan fingerprint density at radius 3 is 2.37 bits per heavy atom. The lowest BCUT2D eigenvalue weighted by Crippen LogP contribution is -2.40. The number of hydrogen-bond donors (Lipinski definition) is 0. The maximum absolute atomic E-state index is 14.2. The molecule has 4 aromatic rings. The summed E-state index contributed by atoms with van der Waals surface area (Å²) in [4.78, 5) is 44.7. The predicted molar refractivity (Wildman–Crippen MR) is 190 cm³/mol. The predicted octanol–water partition coefficient (Wildman–Crippen LogP) is 6.11. The van der Waals surface area contributed by atoms with Crippen molar-refractivity contribution in [2.45, 2.75) is 53.4 Å². The third-order valence-electron chi connectivity index (χ3n) is 7.49. The number of benzene rings is 3. The largest absolute Gasteiger partial charge is 0.493 e. The molecule has 1 aliphatic heterocycles. The summed E-state index contributed by atoms with van der Waals surface area (Å²) in [5.74, 6) is 0.577. The lowest BCUT2D eigenvalue weighted by atomic mass is 9.95. The van der Waals surface area contributed by atoms with E-state index in [0.29, 0.717) is 60.0 Å². The van der Waals surface area contributed by atoms with Gasteiger partial charge in [-0.2, -0.15) is 0 Å². The van der Waals surface area contributed by atoms with Crippen LogP contribution >= 0.6 is 27.3 Å². The normalized spacial score (nSPS) is 14.3. The van der Waals surface area contributed by atoms with Gasteiger partial charge in [-0.3, -0.25) is 9.36 Å². The van der Waals surface area contributed by atoms with Crippen molar-refractivity contribution in [1.29, 1.82) is 0 Å². The highest BCUT2D eigenvalue weighted by molar-refractivity contribution is 9.10. The first-order chi connectivity index (χ1) is 23.6. The SMILES string of the molecule is CCOC(=O)C1=C(C)N=c2s/c(=C\c3cc(Br)c(OCc4ccc(C(=O)OCC)cc4)c(OC)c3)c(=O)n2[C@@H]1c1ccccc1OC(C)C. The second-order valence-corrected chi connectivity index (χ2v) is 13.1. The summed E-state index contributed by atoms with van der Waals surface area (Å²) in [5.41, 5.74) is 3.08. The van der Waals surface area contributed by atoms with Gasteiger partial charge in [0.05, 0.1) is 52.3 Å². The maximum atomic E-state index is 14.2. The van der Waals surface area contributed by atoms with Crippen LogP contribution < -0.4 is 29.1 Å². The quantitative estimate of drug-likeness (QED) is 0.160. The standard InChI is InChI=1S/C37H37BrN2O8S/c1-7-45-35(42)25-15-13-23(14-16-25)20-47-33-27(38)17-24(18-29(33)44-6)19-30-34(41)40-32(26-11-9-10-12-28(26)48-21(3)4)31(36(43)46-8-2)22(5)39-37(40)49-30/h9-19,21,32H,7-8,20H2,1-6H3/b30-19-/t32-/m1/s1. The molecule has 1 atom stereocenters. The van der Waals surface area contributed by atoms with E-state index in [1.165, 1.54) is 23.0 Å². The van der Waals surface area contributed by atoms with Gasteiger partial charge in [0.15, 0.2) is 16.3 Å². The molecular weight excluding hydrogens is 712 g/mol. The Morgan fingerprint density at radius 1 is 1.00 bits per heavy atom. The minimum atomic E-state index is -0.809. The fourth-order valence-electron chi connectivity index (χ4n) is 5.37. The van der Waals surface area contributed by atoms with Gasteiger partial charge in [0.2, 0.25) is 0 Å². The number of hydrogen-bond acceptors (Lipinski definition) is 10. The van der Waals surface area contributed by atoms with E-state index in [1.54, 1.807) is 57.2 Å². The Labute approximate surface area is 296 Å². The topological polar surface area (TPSA) is 115 Å². The zero-order valence-corrected chi connectivity index (χ0v) is 30.5. The third kappa shape index (κ3) is 7.81. The van der Waals surface area contributed by atoms with E-state index in [9.17, 15) is 14.4 Å². The third-order valence-corrected chi connectivity index (χ3v) is 9.06. The average molecular weight is 750 g/mol. The number of para-hydroxylation sites is 1. The number of esters is 2. The molecule has 0 N–H and O–H groups in total. The zero-order valence-electron chi connectivity index (χ0n) is 28.1. The van der Waals surface area contributed by atoms with Crippen LogP contribution in [0.3, 0.4) is 0 Å². The Morgan fingerprint density at radius 2 is 1.69 bits per heavy atom. The van der Waals surface area contributed by atoms with Gasteiger partial charge in [0.1, 0.15) is 18.4 Å². The number of carbonyl (C=O) groups excluding carboxylic acids is 2. The number of fused-ring (bicyclic) bond motifs is 1. The number of nitrogens with zero attached hydrogens (tertiary/aromatic N) is 2. The molecule has 256 valence electrons. The van der Waals surface area contributed by atoms with Crippen LogP contribution in [-0.2, 0) is 20.9 Å². The molecule has 0 unspecified atom stereocenters. The summed E-state index contributed by atoms with van der Waals surface area (Å²) in [6, 6.07) is 17.2. The van der Waals surface area contributed by atoms with Gasteiger partial charge in [0, 0.05) is 5.56 Å². The van der Waals surface area contributed by atoms with Crippen LogP contribution in [0.15, 0.2) is 86.2 Å². The maximum Gasteiger partial charge on any atom is 0.338 e. The number of methoxy groups -OCH3 is 1. The van der Waals surface area contributed by atoms with Gasteiger partial charge in [-0.25, -0.2) is 14.6 Å². The van der Waals surface area contributed by atoms with Crippen LogP contribution in [0.25, 0.3) is 6.08 Å². The van der Waals surface area contributed by atoms with Crippen LogP contribution in [0.1, 0.15) is 67.7 Å². The zero-order chi connectivity index (χ0) is 35.2. The fraction of sp³-hybridized carbons (Fsp3) is 0.297. The molecule has 0 spiro atoms. The van der Waals surface area contributed by atoms with Crippen LogP contribution in [0.2, 0.25) is 0 Å². The number of rotatable bonds is 12. The van der Waals surface area contributed by atoms with Crippen LogP contribution in [0.4, 0.5) is 0 Å². The van der Waals surface area contributed by atoms with E-state index in [1.807, 2.05) is 44.2 Å². The van der Waals surface area contributed by atoms with Crippen LogP contribution in [0.5, 0.6) is 17.2 Å². The van der Waals surface area contributed by atoms with Crippen LogP contribution in [-0.4, -0.2) is 42.9 Å². The first-order valence-corrected chi connectivity index (χ1v) is 17.4. The average Bonchev–Trinajstić information content (AvgIpc) is 3.37. The molecule has 0 saturated heterocycles. The number of aromatic nitrogens is 1. The summed E-state index contributed by atoms with van der Waals surface area (Å²) in [5, 5.41) is 0. The van der Waals surface area contributed by atoms with E-state index in [4.69, 9.17) is 23.7 Å². The molecule has 0 saturated carbocycles. The van der Waals surface area contributed by atoms with Crippen molar-refractivity contribution >= 4 is 45.3 Å². The minimum Gasteiger partial charge on any atom is -0.493 e. The second-order valence-electron chi connectivity index (χ2n) is 11.2. The molecule has 3 aromatic carbocycles. The van der Waals surface area contributed by atoms with E-state index < -0.39 is 12.0 Å². The molecule has 1 aromatic heterocycles. The number of halogens is 1. The van der Waals surface area contributed by atoms with Gasteiger partial charge in [0.25, 0.3) is 5.56 Å². The minimum absolute atomic E-state index is 0.134. The number of allylic oxidation sites excluding steroid dienone is 1. The van der Waals surface area contributed by atoms with Crippen molar-refractivity contribution in [2.24, 2.45) is 4.99 Å². The van der Waals surface area contributed by atoms with Gasteiger partial charge < -0.3 is 23.7 Å². The van der Waals surface area contributed by atoms with Crippen molar-refractivity contribution in [3.05, 3.63) is 118 Å². The lowest BCUT2D eigenvalue weighted by molar-refractivity contribution is -0.139. The Bertz CT molecular complexity index is 2080. The lowest BCUT2D eigenvalue weighted by Gasteiger charge is -2.26. The second kappa shape index (κ2) is 15.7. The van der Waals surface area contributed by atoms with Crippen molar-refractivity contribution < 1.29 is 33.3 Å². The molecule has 0 aliphatic carbocycles. The molecule has 0 bridgehead atoms. The van der Waals surface area contributed by atoms with Crippen molar-refractivity contribution in [3.8, 4) is 17.2 Å². The molecule has 0 fully saturated rings. The number of ether oxygens (including phenoxy) is 5. The van der Waals surface area contributed by atoms with E-state index in [2.05, 4.69) is 20.9 Å². The number of thiazole rings is 1. The monoisotopic (exact) mass is 748 g/mol. The highest BCUT2D eigenvalue weighted by atomic mass is 79.9. The molecule has 10 nitrogen and oxygen atoms in total. The molecule has 0 radical (unpaired) electrons. The highest BCUT2D eigenvalue weighted by Crippen LogP contribution is 2.38. The fourth-order valence-corrected chi connectivity index (χ4v) is 7.00. The molecule has 5 rings (SSSR count). The van der Waals surface area contributed by atoms with Gasteiger partial charge in [-0.05, 0) is 98.1 Å². The van der Waals surface area contributed by atoms with Crippen molar-refractivity contribution in [2.75, 3.05) is 20.3 Å². The summed E-state index contributed by atoms with van der Waals surface area (Å²) in [6.45, 7) is 9.79. The Hall–Kier alpha value is -4.68. The molecule has 1 aliphatic rings. The summed E-state index contributed by atoms with van der Waals surface area (Å²) in [7, 11) is 1.54. The smallest absolute Gasteiger partial charge is 0.338 e. The Balaban J connectivity index is 1.53. The van der Waals surface area contributed by atoms with Gasteiger partial charge in [-0.15, -0.1) is 0 Å². The van der Waals surface area contributed by atoms with Crippen molar-refractivity contribution in [1.82, 2.24) is 4.57 Å². The highest BCUT2D eigenvalue weighted by Gasteiger charge is 2.35. The molecule has 0 amide bonds. The first kappa shape index (κ1) is 35.6. The van der Waals surface area contributed by atoms with E-state index in [0.717, 1.165) is 5.56 Å². The molecule has 2 heterocycles. The van der Waals surface area contributed by atoms with E-state index in [-0.39, 0.29) is 36.4 Å². The van der Waals surface area contributed by atoms with Crippen LogP contribution in [0, 0.1) is 0 Å².